The van der Waals surface area contributed by atoms with E-state index in [9.17, 15) is 8.42 Å². The van der Waals surface area contributed by atoms with Crippen LogP contribution in [0.2, 0.25) is 5.15 Å². The van der Waals surface area contributed by atoms with E-state index in [0.29, 0.717) is 18.1 Å². The Labute approximate surface area is 131 Å². The molecule has 0 bridgehead atoms. The minimum atomic E-state index is -2.93. The van der Waals surface area contributed by atoms with Crippen LogP contribution in [0.25, 0.3) is 0 Å². The van der Waals surface area contributed by atoms with Gasteiger partial charge in [-0.05, 0) is 38.1 Å². The van der Waals surface area contributed by atoms with E-state index in [0.717, 1.165) is 29.6 Å². The van der Waals surface area contributed by atoms with Gasteiger partial charge in [0.25, 0.3) is 0 Å². The molecule has 7 heteroatoms. The smallest absolute Gasteiger partial charge is 0.152 e. The van der Waals surface area contributed by atoms with Crippen molar-refractivity contribution < 1.29 is 8.42 Å². The normalized spacial score (nSPS) is 30.7. The van der Waals surface area contributed by atoms with Crippen LogP contribution in [0, 0.1) is 18.8 Å². The Morgan fingerprint density at radius 2 is 2.19 bits per heavy atom. The number of hydrogen-bond donors (Lipinski definition) is 1. The summed E-state index contributed by atoms with van der Waals surface area (Å²) < 4.78 is 24.9. The minimum absolute atomic E-state index is 0.113. The standard InChI is InChI=1S/C14H22ClN3O2S/c1-9-5-11(9)6-16-7-13-10(2)17-18(14(13)15)12-3-4-21(19,20)8-12/h9,11-12,16H,3-8H2,1-2H3/t9-,11+,12-/m1/s1. The zero-order valence-corrected chi connectivity index (χ0v) is 14.0. The second-order valence-electron chi connectivity index (χ2n) is 6.46. The lowest BCUT2D eigenvalue weighted by molar-refractivity contribution is 0.497. The summed E-state index contributed by atoms with van der Waals surface area (Å²) >= 11 is 6.43. The van der Waals surface area contributed by atoms with Gasteiger partial charge in [-0.3, -0.25) is 0 Å². The molecular formula is C14H22ClN3O2S. The summed E-state index contributed by atoms with van der Waals surface area (Å²) in [6.45, 7) is 5.92. The van der Waals surface area contributed by atoms with Crippen LogP contribution in [0.15, 0.2) is 0 Å². The summed E-state index contributed by atoms with van der Waals surface area (Å²) in [5.41, 5.74) is 1.88. The first-order chi connectivity index (χ1) is 9.87. The summed E-state index contributed by atoms with van der Waals surface area (Å²) in [5.74, 6) is 2.01. The van der Waals surface area contributed by atoms with Gasteiger partial charge < -0.3 is 5.32 Å². The third-order valence-corrected chi connectivity index (χ3v) is 6.84. The largest absolute Gasteiger partial charge is 0.312 e. The van der Waals surface area contributed by atoms with Gasteiger partial charge >= 0.3 is 0 Å². The van der Waals surface area contributed by atoms with Crippen LogP contribution in [0.3, 0.4) is 0 Å². The van der Waals surface area contributed by atoms with E-state index in [4.69, 9.17) is 11.6 Å². The third-order valence-electron chi connectivity index (χ3n) is 4.68. The molecule has 3 rings (SSSR count). The van der Waals surface area contributed by atoms with Crippen molar-refractivity contribution in [3.8, 4) is 0 Å². The molecular weight excluding hydrogens is 310 g/mol. The first-order valence-electron chi connectivity index (χ1n) is 7.52. The van der Waals surface area contributed by atoms with Crippen LogP contribution in [-0.4, -0.2) is 36.2 Å². The van der Waals surface area contributed by atoms with E-state index >= 15 is 0 Å². The highest BCUT2D eigenvalue weighted by molar-refractivity contribution is 7.91. The van der Waals surface area contributed by atoms with E-state index in [-0.39, 0.29) is 17.5 Å². The molecule has 21 heavy (non-hydrogen) atoms. The molecule has 1 saturated carbocycles. The van der Waals surface area contributed by atoms with Crippen molar-refractivity contribution in [2.45, 2.75) is 39.3 Å². The van der Waals surface area contributed by atoms with E-state index in [1.165, 1.54) is 6.42 Å². The molecule has 5 nitrogen and oxygen atoms in total. The van der Waals surface area contributed by atoms with E-state index in [2.05, 4.69) is 17.3 Å². The van der Waals surface area contributed by atoms with Gasteiger partial charge in [-0.1, -0.05) is 18.5 Å². The predicted octanol–water partition coefficient (Wildman–Crippen LogP) is 1.95. The highest BCUT2D eigenvalue weighted by Crippen LogP contribution is 2.37. The molecule has 0 spiro atoms. The summed E-state index contributed by atoms with van der Waals surface area (Å²) in [4.78, 5) is 0. The maximum atomic E-state index is 11.6. The number of aryl methyl sites for hydroxylation is 1. The number of rotatable bonds is 5. The predicted molar refractivity (Wildman–Crippen MR) is 83.3 cm³/mol. The first kappa shape index (κ1) is 15.3. The van der Waals surface area contributed by atoms with E-state index < -0.39 is 9.84 Å². The van der Waals surface area contributed by atoms with Crippen molar-refractivity contribution in [1.29, 1.82) is 0 Å². The maximum Gasteiger partial charge on any atom is 0.152 e. The van der Waals surface area contributed by atoms with Gasteiger partial charge in [0.05, 0.1) is 23.2 Å². The number of halogens is 1. The third kappa shape index (κ3) is 3.27. The first-order valence-corrected chi connectivity index (χ1v) is 9.72. The van der Waals surface area contributed by atoms with Crippen molar-refractivity contribution in [1.82, 2.24) is 15.1 Å². The molecule has 1 aromatic heterocycles. The second-order valence-corrected chi connectivity index (χ2v) is 9.05. The van der Waals surface area contributed by atoms with Crippen molar-refractivity contribution in [2.24, 2.45) is 11.8 Å². The Kier molecular flexibility index (Phi) is 4.05. The summed E-state index contributed by atoms with van der Waals surface area (Å²) in [6.07, 6.45) is 1.91. The number of hydrogen-bond acceptors (Lipinski definition) is 4. The van der Waals surface area contributed by atoms with E-state index in [1.807, 2.05) is 6.92 Å². The molecule has 1 saturated heterocycles. The SMILES string of the molecule is Cc1nn([C@@H]2CCS(=O)(=O)C2)c(Cl)c1CNC[C@@H]1C[C@H]1C. The minimum Gasteiger partial charge on any atom is -0.312 e. The van der Waals surface area contributed by atoms with Crippen LogP contribution in [0.1, 0.15) is 37.1 Å². The lowest BCUT2D eigenvalue weighted by Crippen LogP contribution is -2.17. The Morgan fingerprint density at radius 3 is 2.76 bits per heavy atom. The van der Waals surface area contributed by atoms with Crippen molar-refractivity contribution in [2.75, 3.05) is 18.1 Å². The van der Waals surface area contributed by atoms with Crippen molar-refractivity contribution in [3.05, 3.63) is 16.4 Å². The second kappa shape index (κ2) is 5.56. The van der Waals surface area contributed by atoms with Gasteiger partial charge in [0, 0.05) is 12.1 Å². The molecule has 0 amide bonds. The number of aromatic nitrogens is 2. The van der Waals surface area contributed by atoms with E-state index in [1.54, 1.807) is 4.68 Å². The monoisotopic (exact) mass is 331 g/mol. The molecule has 1 N–H and O–H groups in total. The molecule has 2 heterocycles. The fourth-order valence-electron chi connectivity index (χ4n) is 3.03. The summed E-state index contributed by atoms with van der Waals surface area (Å²) in [7, 11) is -2.93. The highest BCUT2D eigenvalue weighted by atomic mass is 35.5. The van der Waals surface area contributed by atoms with Gasteiger partial charge in [0.15, 0.2) is 9.84 Å². The molecule has 1 aliphatic heterocycles. The van der Waals surface area contributed by atoms with Crippen molar-refractivity contribution in [3.63, 3.8) is 0 Å². The van der Waals surface area contributed by atoms with Gasteiger partial charge in [-0.15, -0.1) is 0 Å². The molecule has 0 aromatic carbocycles. The average Bonchev–Trinajstić information content (AvgIpc) is 2.87. The average molecular weight is 332 g/mol. The molecule has 1 aromatic rings. The Balaban J connectivity index is 1.68. The maximum absolute atomic E-state index is 11.6. The summed E-state index contributed by atoms with van der Waals surface area (Å²) in [6, 6.07) is -0.113. The molecule has 118 valence electrons. The fourth-order valence-corrected chi connectivity index (χ4v) is 5.10. The molecule has 3 atom stereocenters. The molecule has 2 fully saturated rings. The fraction of sp³-hybridized carbons (Fsp3) is 0.786. The van der Waals surface area contributed by atoms with Crippen LogP contribution in [-0.2, 0) is 16.4 Å². The van der Waals surface area contributed by atoms with Crippen LogP contribution in [0.4, 0.5) is 0 Å². The van der Waals surface area contributed by atoms with Gasteiger partial charge in [0.2, 0.25) is 0 Å². The number of nitrogens with zero attached hydrogens (tertiary/aromatic N) is 2. The Morgan fingerprint density at radius 1 is 1.48 bits per heavy atom. The van der Waals surface area contributed by atoms with Gasteiger partial charge in [-0.25, -0.2) is 13.1 Å². The van der Waals surface area contributed by atoms with Crippen LogP contribution >= 0.6 is 11.6 Å². The molecule has 1 aliphatic carbocycles. The lowest BCUT2D eigenvalue weighted by Gasteiger charge is -2.10. The molecule has 0 radical (unpaired) electrons. The molecule has 0 unspecified atom stereocenters. The lowest BCUT2D eigenvalue weighted by atomic mass is 10.2. The summed E-state index contributed by atoms with van der Waals surface area (Å²) in [5, 5.41) is 8.50. The number of sulfone groups is 1. The number of nitrogens with one attached hydrogen (secondary N) is 1. The van der Waals surface area contributed by atoms with Crippen LogP contribution in [0.5, 0.6) is 0 Å². The highest BCUT2D eigenvalue weighted by Gasteiger charge is 2.33. The van der Waals surface area contributed by atoms with Gasteiger partial charge in [0.1, 0.15) is 5.15 Å². The zero-order valence-electron chi connectivity index (χ0n) is 12.5. The Bertz CT molecular complexity index is 641. The molecule has 2 aliphatic rings. The zero-order chi connectivity index (χ0) is 15.2. The van der Waals surface area contributed by atoms with Crippen LogP contribution < -0.4 is 5.32 Å². The van der Waals surface area contributed by atoms with Gasteiger partial charge in [-0.2, -0.15) is 5.10 Å². The Hall–Kier alpha value is -0.590. The topological polar surface area (TPSA) is 64.0 Å². The van der Waals surface area contributed by atoms with Crippen molar-refractivity contribution >= 4 is 21.4 Å². The quantitative estimate of drug-likeness (QED) is 0.895.